The lowest BCUT2D eigenvalue weighted by atomic mass is 9.76. The number of halogens is 3. The highest BCUT2D eigenvalue weighted by Gasteiger charge is 2.46. The molecule has 0 amide bonds. The summed E-state index contributed by atoms with van der Waals surface area (Å²) in [6.07, 6.45) is 5.96. The van der Waals surface area contributed by atoms with Gasteiger partial charge in [0.2, 0.25) is 0 Å². The van der Waals surface area contributed by atoms with Gasteiger partial charge < -0.3 is 14.2 Å². The van der Waals surface area contributed by atoms with Crippen molar-refractivity contribution < 1.29 is 27.4 Å². The SMILES string of the molecule is CC1CCC(C2COC(C3CCC(C(F)(F)OC4CCC(c5ccc(N=C=S)c(F)c5)CC4)CC3)OC2)CC1. The molecule has 1 heterocycles. The van der Waals surface area contributed by atoms with Gasteiger partial charge >= 0.3 is 6.11 Å². The summed E-state index contributed by atoms with van der Waals surface area (Å²) in [5, 5.41) is 2.18. The third-order valence-electron chi connectivity index (χ3n) is 9.92. The molecular weight excluding hydrogens is 523 g/mol. The Hall–Kier alpha value is -1.31. The van der Waals surface area contributed by atoms with Crippen LogP contribution in [0.5, 0.6) is 0 Å². The van der Waals surface area contributed by atoms with Gasteiger partial charge in [-0.2, -0.15) is 13.8 Å². The van der Waals surface area contributed by atoms with E-state index in [0.717, 1.165) is 24.7 Å². The molecule has 4 aliphatic rings. The predicted molar refractivity (Wildman–Crippen MR) is 148 cm³/mol. The molecule has 0 atom stereocenters. The Labute approximate surface area is 236 Å². The number of aliphatic imine (C=N–C) groups is 1. The van der Waals surface area contributed by atoms with E-state index >= 15 is 8.78 Å². The number of alkyl halides is 2. The first-order chi connectivity index (χ1) is 18.8. The Morgan fingerprint density at radius 2 is 1.51 bits per heavy atom. The van der Waals surface area contributed by atoms with E-state index in [2.05, 4.69) is 29.3 Å². The van der Waals surface area contributed by atoms with E-state index in [1.54, 1.807) is 6.07 Å². The first-order valence-electron chi connectivity index (χ1n) is 15.0. The summed E-state index contributed by atoms with van der Waals surface area (Å²) in [7, 11) is 0. The molecule has 3 saturated carbocycles. The Morgan fingerprint density at radius 3 is 2.13 bits per heavy atom. The quantitative estimate of drug-likeness (QED) is 0.245. The normalized spacial score (nSPS) is 36.2. The van der Waals surface area contributed by atoms with E-state index in [0.29, 0.717) is 63.2 Å². The Balaban J connectivity index is 1.04. The smallest absolute Gasteiger partial charge is 0.352 e. The van der Waals surface area contributed by atoms with Gasteiger partial charge in [0, 0.05) is 11.8 Å². The molecule has 8 heteroatoms. The van der Waals surface area contributed by atoms with Crippen molar-refractivity contribution in [3.63, 3.8) is 0 Å². The fraction of sp³-hybridized carbons (Fsp3) is 0.774. The second-order valence-electron chi connectivity index (χ2n) is 12.5. The van der Waals surface area contributed by atoms with Crippen LogP contribution in [-0.4, -0.2) is 36.9 Å². The van der Waals surface area contributed by atoms with Crippen molar-refractivity contribution in [2.24, 2.45) is 34.6 Å². The average Bonchev–Trinajstić information content (AvgIpc) is 2.95. The molecule has 0 unspecified atom stereocenters. The van der Waals surface area contributed by atoms with Crippen molar-refractivity contribution in [1.82, 2.24) is 0 Å². The predicted octanol–water partition coefficient (Wildman–Crippen LogP) is 8.82. The molecule has 0 N–H and O–H groups in total. The van der Waals surface area contributed by atoms with E-state index in [4.69, 9.17) is 14.2 Å². The van der Waals surface area contributed by atoms with Crippen LogP contribution in [0.3, 0.4) is 0 Å². The maximum Gasteiger partial charge on any atom is 0.358 e. The van der Waals surface area contributed by atoms with Crippen LogP contribution in [0.1, 0.15) is 95.5 Å². The van der Waals surface area contributed by atoms with Gasteiger partial charge in [0.25, 0.3) is 0 Å². The van der Waals surface area contributed by atoms with Crippen LogP contribution in [0.2, 0.25) is 0 Å². The largest absolute Gasteiger partial charge is 0.358 e. The van der Waals surface area contributed by atoms with Crippen LogP contribution in [0.15, 0.2) is 23.2 Å². The standard InChI is InChI=1S/C31H42F3NO3S/c1-20-2-4-22(5-3-20)25-17-36-30(37-18-25)23-6-11-26(12-7-23)31(33,34)38-27-13-8-21(9-14-27)24-10-15-29(35-19-39)28(32)16-24/h10,15-16,20-23,25-27,30H,2-9,11-14,17-18H2,1H3. The number of benzene rings is 1. The van der Waals surface area contributed by atoms with E-state index < -0.39 is 23.9 Å². The van der Waals surface area contributed by atoms with Gasteiger partial charge in [0.05, 0.1) is 30.4 Å². The fourth-order valence-corrected chi connectivity index (χ4v) is 7.41. The summed E-state index contributed by atoms with van der Waals surface area (Å²) in [6, 6.07) is 4.90. The molecule has 0 spiro atoms. The molecule has 4 nitrogen and oxygen atoms in total. The van der Waals surface area contributed by atoms with Crippen LogP contribution in [-0.2, 0) is 14.2 Å². The van der Waals surface area contributed by atoms with Gasteiger partial charge in [-0.25, -0.2) is 4.39 Å². The van der Waals surface area contributed by atoms with Crippen molar-refractivity contribution >= 4 is 23.1 Å². The number of hydrogen-bond acceptors (Lipinski definition) is 5. The van der Waals surface area contributed by atoms with Crippen molar-refractivity contribution in [3.8, 4) is 0 Å². The highest BCUT2D eigenvalue weighted by molar-refractivity contribution is 7.78. The Kier molecular flexibility index (Phi) is 9.82. The number of ether oxygens (including phenoxy) is 3. The minimum atomic E-state index is -3.13. The molecule has 1 aromatic rings. The molecule has 0 aromatic heterocycles. The molecule has 5 rings (SSSR count). The number of hydrogen-bond donors (Lipinski definition) is 0. The lowest BCUT2D eigenvalue weighted by molar-refractivity contribution is -0.305. The lowest BCUT2D eigenvalue weighted by Crippen LogP contribution is -2.43. The van der Waals surface area contributed by atoms with Gasteiger partial charge in [-0.05, 0) is 112 Å². The molecule has 39 heavy (non-hydrogen) atoms. The third kappa shape index (κ3) is 7.32. The molecule has 1 saturated heterocycles. The zero-order chi connectivity index (χ0) is 27.4. The molecule has 0 bridgehead atoms. The van der Waals surface area contributed by atoms with Crippen LogP contribution in [0.25, 0.3) is 0 Å². The summed E-state index contributed by atoms with van der Waals surface area (Å²) in [6.45, 7) is 3.81. The van der Waals surface area contributed by atoms with Gasteiger partial charge in [-0.3, -0.25) is 0 Å². The van der Waals surface area contributed by atoms with Gasteiger partial charge in [-0.15, -0.1) is 0 Å². The van der Waals surface area contributed by atoms with Crippen molar-refractivity contribution in [2.75, 3.05) is 13.2 Å². The third-order valence-corrected chi connectivity index (χ3v) is 10.0. The Morgan fingerprint density at radius 1 is 0.872 bits per heavy atom. The van der Waals surface area contributed by atoms with Crippen LogP contribution >= 0.6 is 12.2 Å². The van der Waals surface area contributed by atoms with E-state index in [-0.39, 0.29) is 23.8 Å². The van der Waals surface area contributed by atoms with E-state index in [9.17, 15) is 4.39 Å². The first kappa shape index (κ1) is 29.2. The van der Waals surface area contributed by atoms with Crippen molar-refractivity contribution in [3.05, 3.63) is 29.6 Å². The summed E-state index contributed by atoms with van der Waals surface area (Å²) in [5.41, 5.74) is 1.03. The second-order valence-corrected chi connectivity index (χ2v) is 12.7. The molecule has 1 aliphatic heterocycles. The highest BCUT2D eigenvalue weighted by atomic mass is 32.1. The first-order valence-corrected chi connectivity index (χ1v) is 15.4. The number of rotatable bonds is 7. The van der Waals surface area contributed by atoms with Gasteiger partial charge in [0.1, 0.15) is 11.5 Å². The van der Waals surface area contributed by atoms with Crippen LogP contribution in [0.4, 0.5) is 18.9 Å². The topological polar surface area (TPSA) is 40.0 Å². The minimum absolute atomic E-state index is 0.130. The summed E-state index contributed by atoms with van der Waals surface area (Å²) in [5.74, 6) is 1.11. The van der Waals surface area contributed by atoms with Gasteiger partial charge in [0.15, 0.2) is 6.29 Å². The maximum absolute atomic E-state index is 15.2. The molecule has 1 aromatic carbocycles. The summed E-state index contributed by atoms with van der Waals surface area (Å²) in [4.78, 5) is 3.72. The van der Waals surface area contributed by atoms with Crippen LogP contribution < -0.4 is 0 Å². The molecular formula is C31H42F3NO3S. The van der Waals surface area contributed by atoms with E-state index in [1.807, 2.05) is 6.07 Å². The average molecular weight is 566 g/mol. The molecule has 3 aliphatic carbocycles. The molecule has 4 fully saturated rings. The van der Waals surface area contributed by atoms with Crippen molar-refractivity contribution in [2.45, 2.75) is 108 Å². The molecule has 0 radical (unpaired) electrons. The summed E-state index contributed by atoms with van der Waals surface area (Å²) >= 11 is 4.55. The minimum Gasteiger partial charge on any atom is -0.352 e. The zero-order valence-corrected chi connectivity index (χ0v) is 23.8. The van der Waals surface area contributed by atoms with E-state index in [1.165, 1.54) is 31.7 Å². The monoisotopic (exact) mass is 565 g/mol. The zero-order valence-electron chi connectivity index (χ0n) is 23.0. The summed E-state index contributed by atoms with van der Waals surface area (Å²) < 4.78 is 62.3. The van der Waals surface area contributed by atoms with Gasteiger partial charge in [-0.1, -0.05) is 25.8 Å². The van der Waals surface area contributed by atoms with Crippen molar-refractivity contribution in [1.29, 1.82) is 0 Å². The molecule has 216 valence electrons. The number of nitrogens with zero attached hydrogens (tertiary/aromatic N) is 1. The highest BCUT2D eigenvalue weighted by Crippen LogP contribution is 2.45. The fourth-order valence-electron chi connectivity index (χ4n) is 7.31. The Bertz CT molecular complexity index is 987. The lowest BCUT2D eigenvalue weighted by Gasteiger charge is -2.42. The van der Waals surface area contributed by atoms with Crippen LogP contribution in [0, 0.1) is 35.4 Å². The second kappa shape index (κ2) is 13.1. The number of thiocarbonyl (C=S) groups is 1. The number of isothiocyanates is 1. The maximum atomic E-state index is 15.2.